The number of carbonyl (C=O) groups is 1. The molecule has 116 valence electrons. The lowest BCUT2D eigenvalue weighted by molar-refractivity contribution is -0.117. The van der Waals surface area contributed by atoms with E-state index in [1.54, 1.807) is 6.07 Å². The van der Waals surface area contributed by atoms with E-state index in [4.69, 9.17) is 0 Å². The molecule has 1 aromatic rings. The number of rotatable bonds is 3. The summed E-state index contributed by atoms with van der Waals surface area (Å²) in [5.41, 5.74) is -0.465. The SMILES string of the molecule is CC1(O)CCCN(CC(=O)Nc2ccc(Br)cc2F)CC1. The molecule has 1 atom stereocenters. The molecule has 21 heavy (non-hydrogen) atoms. The molecule has 1 unspecified atom stereocenters. The first-order chi connectivity index (χ1) is 9.85. The summed E-state index contributed by atoms with van der Waals surface area (Å²) in [6.45, 7) is 3.48. The van der Waals surface area contributed by atoms with E-state index in [1.165, 1.54) is 12.1 Å². The zero-order valence-electron chi connectivity index (χ0n) is 12.0. The van der Waals surface area contributed by atoms with Crippen molar-refractivity contribution in [3.05, 3.63) is 28.5 Å². The fourth-order valence-electron chi connectivity index (χ4n) is 2.46. The Morgan fingerprint density at radius 2 is 2.24 bits per heavy atom. The Kier molecular flexibility index (Phi) is 5.35. The lowest BCUT2D eigenvalue weighted by atomic mass is 9.98. The quantitative estimate of drug-likeness (QED) is 0.873. The second-order valence-corrected chi connectivity index (χ2v) is 6.71. The molecule has 1 amide bonds. The smallest absolute Gasteiger partial charge is 0.238 e. The normalized spacial score (nSPS) is 23.6. The largest absolute Gasteiger partial charge is 0.390 e. The van der Waals surface area contributed by atoms with Crippen LogP contribution in [0.4, 0.5) is 10.1 Å². The van der Waals surface area contributed by atoms with Crippen molar-refractivity contribution in [2.45, 2.75) is 31.8 Å². The summed E-state index contributed by atoms with van der Waals surface area (Å²) in [7, 11) is 0. The average Bonchev–Trinajstić information content (AvgIpc) is 2.54. The number of nitrogens with zero attached hydrogens (tertiary/aromatic N) is 1. The molecule has 1 aliphatic heterocycles. The summed E-state index contributed by atoms with van der Waals surface area (Å²) in [6, 6.07) is 4.53. The first-order valence-corrected chi connectivity index (χ1v) is 7.85. The van der Waals surface area contributed by atoms with Gasteiger partial charge >= 0.3 is 0 Å². The average molecular weight is 359 g/mol. The summed E-state index contributed by atoms with van der Waals surface area (Å²) in [5, 5.41) is 12.6. The van der Waals surface area contributed by atoms with Crippen LogP contribution < -0.4 is 5.32 Å². The van der Waals surface area contributed by atoms with Gasteiger partial charge in [0.15, 0.2) is 0 Å². The van der Waals surface area contributed by atoms with Gasteiger partial charge in [0.25, 0.3) is 0 Å². The van der Waals surface area contributed by atoms with Crippen LogP contribution in [0.25, 0.3) is 0 Å². The minimum atomic E-state index is -0.650. The maximum Gasteiger partial charge on any atom is 0.238 e. The van der Waals surface area contributed by atoms with Gasteiger partial charge in [-0.2, -0.15) is 0 Å². The summed E-state index contributed by atoms with van der Waals surface area (Å²) >= 11 is 3.18. The van der Waals surface area contributed by atoms with Crippen molar-refractivity contribution in [2.75, 3.05) is 25.0 Å². The number of anilines is 1. The van der Waals surface area contributed by atoms with Crippen LogP contribution >= 0.6 is 15.9 Å². The summed E-state index contributed by atoms with van der Waals surface area (Å²) < 4.78 is 14.3. The van der Waals surface area contributed by atoms with Gasteiger partial charge in [-0.3, -0.25) is 9.69 Å². The van der Waals surface area contributed by atoms with Gasteiger partial charge in [-0.15, -0.1) is 0 Å². The number of nitrogens with one attached hydrogen (secondary N) is 1. The number of hydrogen-bond donors (Lipinski definition) is 2. The zero-order valence-corrected chi connectivity index (χ0v) is 13.6. The van der Waals surface area contributed by atoms with Crippen LogP contribution in [0.5, 0.6) is 0 Å². The Hall–Kier alpha value is -0.980. The number of amides is 1. The Labute approximate surface area is 132 Å². The molecular formula is C15H20BrFN2O2. The van der Waals surface area contributed by atoms with E-state index in [2.05, 4.69) is 21.2 Å². The van der Waals surface area contributed by atoms with Gasteiger partial charge in [-0.1, -0.05) is 15.9 Å². The number of halogens is 2. The molecule has 1 saturated heterocycles. The van der Waals surface area contributed by atoms with Crippen LogP contribution in [0, 0.1) is 5.82 Å². The van der Waals surface area contributed by atoms with Crippen LogP contribution in [0.15, 0.2) is 22.7 Å². The molecule has 2 N–H and O–H groups in total. The van der Waals surface area contributed by atoms with Crippen molar-refractivity contribution >= 4 is 27.5 Å². The number of benzene rings is 1. The standard InChI is InChI=1S/C15H20BrFN2O2/c1-15(21)5-2-7-19(8-6-15)10-14(20)18-13-4-3-11(16)9-12(13)17/h3-4,9,21H,2,5-8,10H2,1H3,(H,18,20). The topological polar surface area (TPSA) is 52.6 Å². The molecule has 0 bridgehead atoms. The fraction of sp³-hybridized carbons (Fsp3) is 0.533. The van der Waals surface area contributed by atoms with E-state index < -0.39 is 11.4 Å². The highest BCUT2D eigenvalue weighted by Crippen LogP contribution is 2.22. The minimum Gasteiger partial charge on any atom is -0.390 e. The molecule has 1 aliphatic rings. The number of likely N-dealkylation sites (tertiary alicyclic amines) is 1. The fourth-order valence-corrected chi connectivity index (χ4v) is 2.79. The number of carbonyl (C=O) groups excluding carboxylic acids is 1. The van der Waals surface area contributed by atoms with Gasteiger partial charge in [0.2, 0.25) is 5.91 Å². The lowest BCUT2D eigenvalue weighted by Crippen LogP contribution is -2.35. The van der Waals surface area contributed by atoms with Crippen LogP contribution in [0.3, 0.4) is 0 Å². The van der Waals surface area contributed by atoms with E-state index in [0.717, 1.165) is 19.4 Å². The highest BCUT2D eigenvalue weighted by Gasteiger charge is 2.25. The molecule has 1 heterocycles. The summed E-state index contributed by atoms with van der Waals surface area (Å²) in [6.07, 6.45) is 2.24. The second kappa shape index (κ2) is 6.85. The molecule has 2 rings (SSSR count). The first-order valence-electron chi connectivity index (χ1n) is 7.05. The van der Waals surface area contributed by atoms with E-state index in [1.807, 2.05) is 11.8 Å². The van der Waals surface area contributed by atoms with Crippen LogP contribution in [0.2, 0.25) is 0 Å². The highest BCUT2D eigenvalue weighted by atomic mass is 79.9. The Balaban J connectivity index is 1.89. The molecular weight excluding hydrogens is 339 g/mol. The van der Waals surface area contributed by atoms with Gasteiger partial charge in [-0.25, -0.2) is 4.39 Å². The third-order valence-electron chi connectivity index (χ3n) is 3.73. The molecule has 0 spiro atoms. The van der Waals surface area contributed by atoms with E-state index in [-0.39, 0.29) is 18.1 Å². The van der Waals surface area contributed by atoms with Crippen molar-refractivity contribution in [1.82, 2.24) is 4.90 Å². The van der Waals surface area contributed by atoms with Crippen LogP contribution in [-0.2, 0) is 4.79 Å². The summed E-state index contributed by atoms with van der Waals surface area (Å²) in [5.74, 6) is -0.700. The maximum atomic E-state index is 13.7. The lowest BCUT2D eigenvalue weighted by Gasteiger charge is -2.22. The van der Waals surface area contributed by atoms with Crippen LogP contribution in [0.1, 0.15) is 26.2 Å². The minimum absolute atomic E-state index is 0.185. The molecule has 4 nitrogen and oxygen atoms in total. The monoisotopic (exact) mass is 358 g/mol. The maximum absolute atomic E-state index is 13.7. The van der Waals surface area contributed by atoms with Crippen LogP contribution in [-0.4, -0.2) is 41.1 Å². The van der Waals surface area contributed by atoms with Gasteiger partial charge in [-0.05, 0) is 50.9 Å². The third kappa shape index (κ3) is 5.05. The van der Waals surface area contributed by atoms with E-state index in [0.29, 0.717) is 17.4 Å². The van der Waals surface area contributed by atoms with Gasteiger partial charge in [0, 0.05) is 11.0 Å². The predicted octanol–water partition coefficient (Wildman–Crippen LogP) is 2.76. The van der Waals surface area contributed by atoms with Crippen molar-refractivity contribution in [3.63, 3.8) is 0 Å². The van der Waals surface area contributed by atoms with Crippen molar-refractivity contribution in [1.29, 1.82) is 0 Å². The molecule has 0 saturated carbocycles. The third-order valence-corrected chi connectivity index (χ3v) is 4.22. The Morgan fingerprint density at radius 1 is 1.48 bits per heavy atom. The first kappa shape index (κ1) is 16.4. The van der Waals surface area contributed by atoms with Gasteiger partial charge in [0.1, 0.15) is 5.82 Å². The molecule has 0 aliphatic carbocycles. The molecule has 6 heteroatoms. The predicted molar refractivity (Wildman–Crippen MR) is 83.6 cm³/mol. The number of aliphatic hydroxyl groups is 1. The van der Waals surface area contributed by atoms with Gasteiger partial charge in [0.05, 0.1) is 17.8 Å². The second-order valence-electron chi connectivity index (χ2n) is 5.80. The molecule has 0 aromatic heterocycles. The Morgan fingerprint density at radius 3 is 2.95 bits per heavy atom. The van der Waals surface area contributed by atoms with Crippen molar-refractivity contribution < 1.29 is 14.3 Å². The van der Waals surface area contributed by atoms with Crippen molar-refractivity contribution in [3.8, 4) is 0 Å². The molecule has 1 aromatic carbocycles. The molecule has 0 radical (unpaired) electrons. The highest BCUT2D eigenvalue weighted by molar-refractivity contribution is 9.10. The van der Waals surface area contributed by atoms with Crippen molar-refractivity contribution in [2.24, 2.45) is 0 Å². The van der Waals surface area contributed by atoms with Gasteiger partial charge < -0.3 is 10.4 Å². The summed E-state index contributed by atoms with van der Waals surface area (Å²) in [4.78, 5) is 14.0. The van der Waals surface area contributed by atoms with E-state index >= 15 is 0 Å². The Bertz CT molecular complexity index is 522. The zero-order chi connectivity index (χ0) is 15.5. The molecule has 1 fully saturated rings. The number of hydrogen-bond acceptors (Lipinski definition) is 3. The van der Waals surface area contributed by atoms with E-state index in [9.17, 15) is 14.3 Å².